The zero-order valence-electron chi connectivity index (χ0n) is 17.3. The van der Waals surface area contributed by atoms with E-state index in [1.165, 1.54) is 29.5 Å². The van der Waals surface area contributed by atoms with Gasteiger partial charge in [0.15, 0.2) is 4.34 Å². The topological polar surface area (TPSA) is 101 Å². The normalized spacial score (nSPS) is 11.5. The highest BCUT2D eigenvalue weighted by molar-refractivity contribution is 8.01. The lowest BCUT2D eigenvalue weighted by Crippen LogP contribution is -2.17. The number of benzene rings is 2. The molecule has 3 rings (SSSR count). The second kappa shape index (κ2) is 9.56. The van der Waals surface area contributed by atoms with Crippen LogP contribution in [0.15, 0.2) is 45.6 Å². The van der Waals surface area contributed by atoms with Crippen LogP contribution >= 0.6 is 34.7 Å². The highest BCUT2D eigenvalue weighted by Gasteiger charge is 2.22. The molecule has 0 unspecified atom stereocenters. The fourth-order valence-electron chi connectivity index (χ4n) is 2.59. The number of amides is 1. The Labute approximate surface area is 194 Å². The number of hydrogen-bond donors (Lipinski definition) is 2. The van der Waals surface area contributed by atoms with Gasteiger partial charge in [-0.15, -0.1) is 10.2 Å². The monoisotopic (exact) mass is 496 g/mol. The number of thioether (sulfide) groups is 1. The zero-order chi connectivity index (χ0) is 22.8. The molecule has 31 heavy (non-hydrogen) atoms. The second-order valence-electron chi connectivity index (χ2n) is 6.99. The molecule has 3 aromatic rings. The molecule has 1 aromatic heterocycles. The van der Waals surface area contributed by atoms with Gasteiger partial charge >= 0.3 is 0 Å². The van der Waals surface area contributed by atoms with Crippen molar-refractivity contribution in [3.63, 3.8) is 0 Å². The molecule has 1 amide bonds. The van der Waals surface area contributed by atoms with Crippen LogP contribution in [0.3, 0.4) is 0 Å². The molecule has 0 radical (unpaired) electrons. The van der Waals surface area contributed by atoms with Gasteiger partial charge in [-0.1, -0.05) is 60.7 Å². The van der Waals surface area contributed by atoms with E-state index in [9.17, 15) is 13.2 Å². The molecule has 0 saturated carbocycles. The zero-order valence-corrected chi connectivity index (χ0v) is 20.5. The maximum absolute atomic E-state index is 13.0. The van der Waals surface area contributed by atoms with Gasteiger partial charge in [0.2, 0.25) is 5.13 Å². The lowest BCUT2D eigenvalue weighted by atomic mass is 10.1. The predicted molar refractivity (Wildman–Crippen MR) is 127 cm³/mol. The van der Waals surface area contributed by atoms with E-state index in [-0.39, 0.29) is 15.5 Å². The van der Waals surface area contributed by atoms with Crippen molar-refractivity contribution in [3.05, 3.63) is 58.1 Å². The fraction of sp³-hybridized carbons (Fsp3) is 0.250. The van der Waals surface area contributed by atoms with Crippen LogP contribution in [-0.4, -0.2) is 29.8 Å². The van der Waals surface area contributed by atoms with Crippen LogP contribution in [0.5, 0.6) is 0 Å². The first kappa shape index (κ1) is 23.5. The van der Waals surface area contributed by atoms with E-state index in [1.807, 2.05) is 33.8 Å². The Morgan fingerprint density at radius 1 is 1.16 bits per heavy atom. The number of nitrogens with one attached hydrogen (secondary N) is 2. The van der Waals surface area contributed by atoms with Crippen LogP contribution in [0.25, 0.3) is 0 Å². The molecule has 0 aliphatic rings. The fourth-order valence-corrected chi connectivity index (χ4v) is 6.21. The summed E-state index contributed by atoms with van der Waals surface area (Å²) < 4.78 is 29.2. The number of sulfonamides is 1. The summed E-state index contributed by atoms with van der Waals surface area (Å²) in [6, 6.07) is 9.42. The maximum Gasteiger partial charge on any atom is 0.263 e. The van der Waals surface area contributed by atoms with Crippen molar-refractivity contribution in [2.45, 2.75) is 42.2 Å². The van der Waals surface area contributed by atoms with Crippen molar-refractivity contribution >= 4 is 61.4 Å². The van der Waals surface area contributed by atoms with Gasteiger partial charge in [0, 0.05) is 10.8 Å². The van der Waals surface area contributed by atoms with Crippen LogP contribution in [-0.2, 0) is 10.0 Å². The minimum Gasteiger partial charge on any atom is -0.296 e. The first-order valence-corrected chi connectivity index (χ1v) is 12.8. The van der Waals surface area contributed by atoms with Crippen molar-refractivity contribution in [2.24, 2.45) is 0 Å². The molecule has 11 heteroatoms. The quantitative estimate of drug-likeness (QED) is 0.337. The Kier molecular flexibility index (Phi) is 7.25. The summed E-state index contributed by atoms with van der Waals surface area (Å²) in [4.78, 5) is 12.5. The lowest BCUT2D eigenvalue weighted by Gasteiger charge is -2.13. The summed E-state index contributed by atoms with van der Waals surface area (Å²) in [5, 5.41) is 11.3. The molecule has 0 spiro atoms. The smallest absolute Gasteiger partial charge is 0.263 e. The largest absolute Gasteiger partial charge is 0.296 e. The van der Waals surface area contributed by atoms with E-state index >= 15 is 0 Å². The standard InChI is InChI=1S/C20H21ClN4O3S3/c1-11(2)29-20-24-23-19(30-20)22-18(26)14-8-9-15(21)17(10-14)31(27,28)25-16-7-5-6-12(3)13(16)4/h5-11,25H,1-4H3,(H,22,23,26). The van der Waals surface area contributed by atoms with Gasteiger partial charge in [0.1, 0.15) is 4.90 Å². The van der Waals surface area contributed by atoms with E-state index in [2.05, 4.69) is 20.2 Å². The minimum atomic E-state index is -4.01. The number of aromatic nitrogens is 2. The molecular formula is C20H21ClN4O3S3. The molecule has 2 N–H and O–H groups in total. The number of carbonyl (C=O) groups is 1. The molecule has 0 bridgehead atoms. The van der Waals surface area contributed by atoms with E-state index < -0.39 is 15.9 Å². The van der Waals surface area contributed by atoms with Gasteiger partial charge in [-0.2, -0.15) is 0 Å². The van der Waals surface area contributed by atoms with Crippen LogP contribution in [0.1, 0.15) is 35.3 Å². The molecule has 0 aliphatic carbocycles. The third-order valence-electron chi connectivity index (χ3n) is 4.30. The van der Waals surface area contributed by atoms with Crippen LogP contribution in [0.4, 0.5) is 10.8 Å². The molecule has 0 aliphatic heterocycles. The van der Waals surface area contributed by atoms with Crippen molar-refractivity contribution in [1.29, 1.82) is 0 Å². The number of hydrogen-bond acceptors (Lipinski definition) is 7. The van der Waals surface area contributed by atoms with Crippen LogP contribution in [0.2, 0.25) is 5.02 Å². The van der Waals surface area contributed by atoms with Crippen molar-refractivity contribution in [1.82, 2.24) is 10.2 Å². The Bertz CT molecular complexity index is 1230. The Morgan fingerprint density at radius 3 is 2.61 bits per heavy atom. The van der Waals surface area contributed by atoms with E-state index in [0.29, 0.717) is 16.1 Å². The number of nitrogens with zero attached hydrogens (tertiary/aromatic N) is 2. The average Bonchev–Trinajstić information content (AvgIpc) is 3.11. The molecular weight excluding hydrogens is 476 g/mol. The van der Waals surface area contributed by atoms with Gasteiger partial charge in [-0.25, -0.2) is 8.42 Å². The Hall–Kier alpha value is -2.14. The molecule has 0 fully saturated rings. The van der Waals surface area contributed by atoms with Crippen LogP contribution < -0.4 is 10.0 Å². The summed E-state index contributed by atoms with van der Waals surface area (Å²) in [7, 11) is -4.01. The number of rotatable bonds is 7. The highest BCUT2D eigenvalue weighted by atomic mass is 35.5. The number of anilines is 2. The second-order valence-corrected chi connectivity index (χ2v) is 11.9. The molecule has 164 valence electrons. The summed E-state index contributed by atoms with van der Waals surface area (Å²) in [6.07, 6.45) is 0. The third-order valence-corrected chi connectivity index (χ3v) is 8.07. The van der Waals surface area contributed by atoms with Gasteiger partial charge < -0.3 is 0 Å². The SMILES string of the molecule is Cc1cccc(NS(=O)(=O)c2cc(C(=O)Nc3nnc(SC(C)C)s3)ccc2Cl)c1C. The van der Waals surface area contributed by atoms with Gasteiger partial charge in [-0.3, -0.25) is 14.8 Å². The summed E-state index contributed by atoms with van der Waals surface area (Å²) in [5.41, 5.74) is 2.35. The molecule has 0 atom stereocenters. The van der Waals surface area contributed by atoms with Gasteiger partial charge in [0.25, 0.3) is 15.9 Å². The lowest BCUT2D eigenvalue weighted by molar-refractivity contribution is 0.102. The first-order valence-electron chi connectivity index (χ1n) is 9.27. The molecule has 0 saturated heterocycles. The third kappa shape index (κ3) is 5.76. The highest BCUT2D eigenvalue weighted by Crippen LogP contribution is 2.30. The Balaban J connectivity index is 1.84. The van der Waals surface area contributed by atoms with Crippen molar-refractivity contribution in [2.75, 3.05) is 10.0 Å². The average molecular weight is 497 g/mol. The number of halogens is 1. The summed E-state index contributed by atoms with van der Waals surface area (Å²) >= 11 is 8.96. The molecule has 1 heterocycles. The Morgan fingerprint density at radius 2 is 1.90 bits per heavy atom. The number of aryl methyl sites for hydroxylation is 1. The maximum atomic E-state index is 13.0. The predicted octanol–water partition coefficient (Wildman–Crippen LogP) is 5.36. The molecule has 2 aromatic carbocycles. The summed E-state index contributed by atoms with van der Waals surface area (Å²) in [6.45, 7) is 7.79. The van der Waals surface area contributed by atoms with E-state index in [4.69, 9.17) is 11.6 Å². The number of carbonyl (C=O) groups excluding carboxylic acids is 1. The van der Waals surface area contributed by atoms with Crippen LogP contribution in [0, 0.1) is 13.8 Å². The molecule has 7 nitrogen and oxygen atoms in total. The minimum absolute atomic E-state index is 0.0147. The van der Waals surface area contributed by atoms with Crippen molar-refractivity contribution < 1.29 is 13.2 Å². The van der Waals surface area contributed by atoms with Gasteiger partial charge in [0.05, 0.1) is 10.7 Å². The van der Waals surface area contributed by atoms with Gasteiger partial charge in [-0.05, 0) is 49.2 Å². The van der Waals surface area contributed by atoms with Crippen molar-refractivity contribution in [3.8, 4) is 0 Å². The van der Waals surface area contributed by atoms with E-state index in [1.54, 1.807) is 23.9 Å². The summed E-state index contributed by atoms with van der Waals surface area (Å²) in [5.74, 6) is -0.503. The first-order chi connectivity index (χ1) is 14.6. The van der Waals surface area contributed by atoms with E-state index in [0.717, 1.165) is 15.5 Å².